The zero-order valence-electron chi connectivity index (χ0n) is 19.8. The number of nitrogens with one attached hydrogen (secondary N) is 1. The second kappa shape index (κ2) is 9.72. The van der Waals surface area contributed by atoms with E-state index in [4.69, 9.17) is 27.7 Å². The van der Waals surface area contributed by atoms with Crippen LogP contribution >= 0.6 is 23.2 Å². The molecule has 0 atom stereocenters. The zero-order valence-corrected chi connectivity index (χ0v) is 21.3. The van der Waals surface area contributed by atoms with Crippen molar-refractivity contribution in [2.75, 3.05) is 49.5 Å². The Labute approximate surface area is 206 Å². The van der Waals surface area contributed by atoms with Crippen LogP contribution in [-0.4, -0.2) is 66.3 Å². The van der Waals surface area contributed by atoms with Crippen molar-refractivity contribution in [1.29, 1.82) is 0 Å². The number of nitrogens with zero attached hydrogens (tertiary/aromatic N) is 4. The van der Waals surface area contributed by atoms with Crippen molar-refractivity contribution in [2.45, 2.75) is 52.0 Å². The topological polar surface area (TPSA) is 64.9 Å². The average molecular weight is 494 g/mol. The van der Waals surface area contributed by atoms with Gasteiger partial charge in [-0.25, -0.2) is 4.79 Å². The Morgan fingerprint density at radius 2 is 1.79 bits per heavy atom. The second-order valence-electron chi connectivity index (χ2n) is 9.63. The number of aryl methyl sites for hydroxylation is 1. The number of carbonyl (C=O) groups is 1. The summed E-state index contributed by atoms with van der Waals surface area (Å²) in [6, 6.07) is 6.21. The fourth-order valence-corrected chi connectivity index (χ4v) is 5.26. The van der Waals surface area contributed by atoms with Gasteiger partial charge >= 0.3 is 6.03 Å². The van der Waals surface area contributed by atoms with Gasteiger partial charge in [-0.05, 0) is 45.7 Å². The van der Waals surface area contributed by atoms with E-state index in [1.165, 1.54) is 0 Å². The summed E-state index contributed by atoms with van der Waals surface area (Å²) in [5.74, 6) is 0.633. The van der Waals surface area contributed by atoms with E-state index in [1.807, 2.05) is 30.0 Å². The average Bonchev–Trinajstić information content (AvgIpc) is 3.14. The van der Waals surface area contributed by atoms with Gasteiger partial charge in [0.15, 0.2) is 5.76 Å². The first kappa shape index (κ1) is 24.2. The molecule has 2 aliphatic heterocycles. The second-order valence-corrected chi connectivity index (χ2v) is 10.4. The molecule has 1 N–H and O–H groups in total. The Balaban J connectivity index is 1.43. The number of anilines is 2. The number of hydrogen-bond acceptors (Lipinski definition) is 5. The van der Waals surface area contributed by atoms with E-state index in [1.54, 1.807) is 0 Å². The number of halogens is 2. The van der Waals surface area contributed by atoms with Crippen molar-refractivity contribution < 1.29 is 9.32 Å². The molecule has 0 aliphatic carbocycles. The molecular weight excluding hydrogens is 461 g/mol. The van der Waals surface area contributed by atoms with Crippen LogP contribution in [0.1, 0.15) is 45.1 Å². The van der Waals surface area contributed by atoms with Gasteiger partial charge in [0.05, 0.1) is 16.4 Å². The fourth-order valence-electron chi connectivity index (χ4n) is 4.74. The third kappa shape index (κ3) is 4.96. The van der Waals surface area contributed by atoms with E-state index >= 15 is 0 Å². The van der Waals surface area contributed by atoms with E-state index in [2.05, 4.69) is 41.0 Å². The number of hydrogen-bond donors (Lipinski definition) is 1. The SMILES string of the molecule is Cc1onc(C2(C)CCN(C(=O)Nc3c(Cl)cccc3N3CCN(C(C)C)CC3)CC2)c1Cl. The molecule has 2 saturated heterocycles. The Morgan fingerprint density at radius 3 is 2.36 bits per heavy atom. The number of aromatic nitrogens is 1. The standard InChI is InChI=1S/C24H33Cl2N5O2/c1-16(2)29-12-14-30(15-13-29)19-7-5-6-18(25)21(19)27-23(32)31-10-8-24(4,9-11-31)22-20(26)17(3)33-28-22/h5-7,16H,8-15H2,1-4H3,(H,27,32). The Bertz CT molecular complexity index is 993. The van der Waals surface area contributed by atoms with E-state index in [0.29, 0.717) is 40.6 Å². The highest BCUT2D eigenvalue weighted by molar-refractivity contribution is 6.34. The van der Waals surface area contributed by atoms with Crippen LogP contribution in [0.3, 0.4) is 0 Å². The van der Waals surface area contributed by atoms with Crippen LogP contribution in [0.2, 0.25) is 10.0 Å². The molecule has 2 aliphatic rings. The molecule has 180 valence electrons. The quantitative estimate of drug-likeness (QED) is 0.616. The highest BCUT2D eigenvalue weighted by Gasteiger charge is 2.38. The molecule has 0 unspecified atom stereocenters. The van der Waals surface area contributed by atoms with Crippen molar-refractivity contribution in [3.63, 3.8) is 0 Å². The van der Waals surface area contributed by atoms with E-state index in [9.17, 15) is 4.79 Å². The molecule has 33 heavy (non-hydrogen) atoms. The summed E-state index contributed by atoms with van der Waals surface area (Å²) >= 11 is 13.0. The monoisotopic (exact) mass is 493 g/mol. The maximum Gasteiger partial charge on any atom is 0.321 e. The van der Waals surface area contributed by atoms with Crippen LogP contribution < -0.4 is 10.2 Å². The first-order valence-corrected chi connectivity index (χ1v) is 12.4. The van der Waals surface area contributed by atoms with Crippen molar-refractivity contribution >= 4 is 40.6 Å². The minimum absolute atomic E-state index is 0.130. The van der Waals surface area contributed by atoms with Gasteiger partial charge in [-0.1, -0.05) is 41.3 Å². The lowest BCUT2D eigenvalue weighted by Gasteiger charge is -2.40. The number of urea groups is 1. The summed E-state index contributed by atoms with van der Waals surface area (Å²) in [6.45, 7) is 13.4. The largest absolute Gasteiger partial charge is 0.367 e. The van der Waals surface area contributed by atoms with Crippen molar-refractivity contribution in [2.24, 2.45) is 0 Å². The lowest BCUT2D eigenvalue weighted by atomic mass is 9.77. The van der Waals surface area contributed by atoms with Gasteiger partial charge < -0.3 is 19.6 Å². The van der Waals surface area contributed by atoms with E-state index in [-0.39, 0.29) is 11.4 Å². The van der Waals surface area contributed by atoms with Crippen molar-refractivity contribution in [1.82, 2.24) is 15.0 Å². The van der Waals surface area contributed by atoms with Gasteiger partial charge in [0.2, 0.25) is 0 Å². The lowest BCUT2D eigenvalue weighted by Crippen LogP contribution is -2.49. The molecule has 0 bridgehead atoms. The summed E-state index contributed by atoms with van der Waals surface area (Å²) in [4.78, 5) is 19.8. The van der Waals surface area contributed by atoms with Crippen LogP contribution in [-0.2, 0) is 5.41 Å². The number of amides is 2. The summed E-state index contributed by atoms with van der Waals surface area (Å²) in [5, 5.41) is 8.43. The number of benzene rings is 1. The highest BCUT2D eigenvalue weighted by Crippen LogP contribution is 2.40. The molecule has 0 radical (unpaired) electrons. The molecule has 2 aromatic rings. The number of piperazine rings is 1. The molecule has 4 rings (SSSR count). The highest BCUT2D eigenvalue weighted by atomic mass is 35.5. The van der Waals surface area contributed by atoms with Gasteiger partial charge in [-0.15, -0.1) is 0 Å². The predicted octanol–water partition coefficient (Wildman–Crippen LogP) is 5.41. The van der Waals surface area contributed by atoms with Gasteiger partial charge in [-0.2, -0.15) is 0 Å². The third-order valence-electron chi connectivity index (χ3n) is 7.13. The van der Waals surface area contributed by atoms with Crippen LogP contribution in [0.5, 0.6) is 0 Å². The van der Waals surface area contributed by atoms with Crippen molar-refractivity contribution in [3.05, 3.63) is 39.7 Å². The van der Waals surface area contributed by atoms with Crippen LogP contribution in [0.25, 0.3) is 0 Å². The van der Waals surface area contributed by atoms with Crippen LogP contribution in [0.4, 0.5) is 16.2 Å². The molecule has 1 aromatic carbocycles. The van der Waals surface area contributed by atoms with Gasteiger partial charge in [0, 0.05) is 50.7 Å². The summed E-state index contributed by atoms with van der Waals surface area (Å²) in [7, 11) is 0. The van der Waals surface area contributed by atoms with Gasteiger partial charge in [-0.3, -0.25) is 4.90 Å². The Hall–Kier alpha value is -1.96. The molecule has 2 amide bonds. The first-order valence-electron chi connectivity index (χ1n) is 11.7. The van der Waals surface area contributed by atoms with Crippen LogP contribution in [0.15, 0.2) is 22.7 Å². The van der Waals surface area contributed by atoms with E-state index < -0.39 is 0 Å². The lowest BCUT2D eigenvalue weighted by molar-refractivity contribution is 0.170. The summed E-state index contributed by atoms with van der Waals surface area (Å²) < 4.78 is 5.27. The van der Waals surface area contributed by atoms with E-state index in [0.717, 1.165) is 50.4 Å². The maximum absolute atomic E-state index is 13.2. The van der Waals surface area contributed by atoms with Gasteiger partial charge in [0.1, 0.15) is 10.7 Å². The fraction of sp³-hybridized carbons (Fsp3) is 0.583. The Morgan fingerprint density at radius 1 is 1.12 bits per heavy atom. The smallest absolute Gasteiger partial charge is 0.321 e. The number of likely N-dealkylation sites (tertiary alicyclic amines) is 1. The molecule has 7 nitrogen and oxygen atoms in total. The Kier molecular flexibility index (Phi) is 7.12. The number of carbonyl (C=O) groups excluding carboxylic acids is 1. The predicted molar refractivity (Wildman–Crippen MR) is 134 cm³/mol. The summed E-state index contributed by atoms with van der Waals surface area (Å²) in [6.07, 6.45) is 1.53. The minimum Gasteiger partial charge on any atom is -0.367 e. The first-order chi connectivity index (χ1) is 15.7. The number of piperidine rings is 1. The number of para-hydroxylation sites is 1. The van der Waals surface area contributed by atoms with Crippen molar-refractivity contribution in [3.8, 4) is 0 Å². The molecule has 0 saturated carbocycles. The molecular formula is C24H33Cl2N5O2. The third-order valence-corrected chi connectivity index (χ3v) is 7.89. The zero-order chi connectivity index (χ0) is 23.8. The minimum atomic E-state index is -0.211. The van der Waals surface area contributed by atoms with Crippen LogP contribution in [0, 0.1) is 6.92 Å². The molecule has 2 fully saturated rings. The summed E-state index contributed by atoms with van der Waals surface area (Å²) in [5.41, 5.74) is 2.24. The van der Waals surface area contributed by atoms with Gasteiger partial charge in [0.25, 0.3) is 0 Å². The molecule has 0 spiro atoms. The molecule has 9 heteroatoms. The molecule has 3 heterocycles. The normalized spacial score (nSPS) is 19.2. The molecule has 1 aromatic heterocycles. The number of rotatable bonds is 4. The maximum atomic E-state index is 13.2.